The molecule has 0 aliphatic carbocycles. The Hall–Kier alpha value is -3.91. The van der Waals surface area contributed by atoms with Crippen LogP contribution in [0.15, 0.2) is 52.6 Å². The third kappa shape index (κ3) is 5.76. The number of halogens is 7. The van der Waals surface area contributed by atoms with Crippen molar-refractivity contribution in [2.24, 2.45) is 0 Å². The van der Waals surface area contributed by atoms with E-state index in [-0.39, 0.29) is 52.0 Å². The van der Waals surface area contributed by atoms with Crippen molar-refractivity contribution in [2.75, 3.05) is 11.9 Å². The van der Waals surface area contributed by atoms with E-state index in [9.17, 15) is 40.7 Å². The van der Waals surface area contributed by atoms with Gasteiger partial charge in [-0.15, -0.1) is 11.3 Å². The molecule has 0 fully saturated rings. The first kappa shape index (κ1) is 28.1. The number of esters is 1. The van der Waals surface area contributed by atoms with Gasteiger partial charge in [-0.1, -0.05) is 11.6 Å². The lowest BCUT2D eigenvalue weighted by Crippen LogP contribution is -2.25. The van der Waals surface area contributed by atoms with Gasteiger partial charge in [0.15, 0.2) is 5.69 Å². The first-order chi connectivity index (χ1) is 18.2. The van der Waals surface area contributed by atoms with Gasteiger partial charge >= 0.3 is 18.3 Å². The summed E-state index contributed by atoms with van der Waals surface area (Å²) in [7, 11) is 0. The Balaban J connectivity index is 1.87. The largest absolute Gasteiger partial charge is 0.461 e. The molecule has 1 N–H and O–H groups in total. The van der Waals surface area contributed by atoms with Crippen molar-refractivity contribution < 1.29 is 40.7 Å². The first-order valence-corrected chi connectivity index (χ1v) is 12.0. The van der Waals surface area contributed by atoms with Gasteiger partial charge in [-0.2, -0.15) is 36.1 Å². The van der Waals surface area contributed by atoms with Crippen LogP contribution in [0.5, 0.6) is 0 Å². The van der Waals surface area contributed by atoms with Crippen molar-refractivity contribution in [3.63, 3.8) is 0 Å². The zero-order valence-electron chi connectivity index (χ0n) is 19.4. The van der Waals surface area contributed by atoms with Crippen LogP contribution in [0, 0.1) is 0 Å². The molecule has 0 radical (unpaired) electrons. The second kappa shape index (κ2) is 10.3. The normalized spacial score (nSPS) is 12.0. The van der Waals surface area contributed by atoms with Crippen LogP contribution < -0.4 is 10.9 Å². The summed E-state index contributed by atoms with van der Waals surface area (Å²) in [5, 5.41) is 7.36. The van der Waals surface area contributed by atoms with Crippen LogP contribution in [0.25, 0.3) is 16.5 Å². The minimum atomic E-state index is -5.17. The van der Waals surface area contributed by atoms with Crippen molar-refractivity contribution in [3.8, 4) is 5.69 Å². The number of carbonyl (C=O) groups is 2. The quantitative estimate of drug-likeness (QED) is 0.210. The van der Waals surface area contributed by atoms with Crippen LogP contribution in [0.3, 0.4) is 0 Å². The van der Waals surface area contributed by atoms with Crippen molar-refractivity contribution in [1.82, 2.24) is 9.78 Å². The number of ether oxygens (including phenoxy) is 1. The second-order valence-corrected chi connectivity index (χ2v) is 9.18. The Labute approximate surface area is 223 Å². The molecule has 2 heterocycles. The summed E-state index contributed by atoms with van der Waals surface area (Å²) in [6.45, 7) is 1.50. The predicted octanol–water partition coefficient (Wildman–Crippen LogP) is 6.57. The molecule has 2 aromatic carbocycles. The maximum absolute atomic E-state index is 13.4. The standard InChI is InChI=1S/C24H14ClF6N3O4S/c1-2-38-22(37)18-16-10-39-20(17(16)21(36)34(33-18)15-5-3-14(25)4-6-15)32-19(35)11-7-12(23(26,27)28)9-13(8-11)24(29,30)31/h3-10H,2H2,1H3,(H,32,35). The molecule has 0 saturated heterocycles. The maximum atomic E-state index is 13.4. The third-order valence-corrected chi connectivity index (χ3v) is 6.42. The fraction of sp³-hybridized carbons (Fsp3) is 0.167. The Kier molecular flexibility index (Phi) is 7.45. The van der Waals surface area contributed by atoms with Gasteiger partial charge < -0.3 is 10.1 Å². The average molecular weight is 590 g/mol. The van der Waals surface area contributed by atoms with Gasteiger partial charge in [0.05, 0.1) is 28.8 Å². The van der Waals surface area contributed by atoms with Gasteiger partial charge in [0.25, 0.3) is 11.5 Å². The Morgan fingerprint density at radius 2 is 1.62 bits per heavy atom. The zero-order chi connectivity index (χ0) is 28.7. The second-order valence-electron chi connectivity index (χ2n) is 7.86. The van der Waals surface area contributed by atoms with Gasteiger partial charge in [0.2, 0.25) is 0 Å². The summed E-state index contributed by atoms with van der Waals surface area (Å²) in [4.78, 5) is 38.9. The van der Waals surface area contributed by atoms with E-state index in [0.29, 0.717) is 16.4 Å². The summed E-state index contributed by atoms with van der Waals surface area (Å²) in [6.07, 6.45) is -10.3. The number of thiophene rings is 1. The van der Waals surface area contributed by atoms with Crippen LogP contribution >= 0.6 is 22.9 Å². The fourth-order valence-electron chi connectivity index (χ4n) is 3.51. The van der Waals surface area contributed by atoms with Gasteiger partial charge in [0, 0.05) is 21.4 Å². The number of nitrogens with one attached hydrogen (secondary N) is 1. The molecule has 0 atom stereocenters. The van der Waals surface area contributed by atoms with E-state index in [1.807, 2.05) is 0 Å². The zero-order valence-corrected chi connectivity index (χ0v) is 21.0. The van der Waals surface area contributed by atoms with E-state index in [2.05, 4.69) is 10.4 Å². The third-order valence-electron chi connectivity index (χ3n) is 5.27. The smallest absolute Gasteiger partial charge is 0.416 e. The molecular formula is C24H14ClF6N3O4S. The lowest BCUT2D eigenvalue weighted by Gasteiger charge is -2.14. The van der Waals surface area contributed by atoms with Gasteiger partial charge in [-0.05, 0) is 49.4 Å². The molecular weight excluding hydrogens is 576 g/mol. The van der Waals surface area contributed by atoms with E-state index < -0.39 is 46.5 Å². The molecule has 7 nitrogen and oxygen atoms in total. The number of hydrogen-bond donors (Lipinski definition) is 1. The van der Waals surface area contributed by atoms with Crippen LogP contribution in [-0.2, 0) is 17.1 Å². The van der Waals surface area contributed by atoms with E-state index in [1.54, 1.807) is 0 Å². The molecule has 4 aromatic rings. The molecule has 2 aromatic heterocycles. The van der Waals surface area contributed by atoms with E-state index in [0.717, 1.165) is 4.68 Å². The average Bonchev–Trinajstić information content (AvgIpc) is 3.27. The summed E-state index contributed by atoms with van der Waals surface area (Å²) >= 11 is 6.61. The number of alkyl halides is 6. The molecule has 1 amide bonds. The number of anilines is 1. The van der Waals surface area contributed by atoms with Crippen LogP contribution in [0.2, 0.25) is 5.02 Å². The number of fused-ring (bicyclic) bond motifs is 1. The molecule has 0 saturated carbocycles. The Bertz CT molecular complexity index is 1610. The van der Waals surface area contributed by atoms with Crippen LogP contribution in [0.4, 0.5) is 31.3 Å². The fourth-order valence-corrected chi connectivity index (χ4v) is 4.57. The number of nitrogens with zero attached hydrogens (tertiary/aromatic N) is 2. The number of amides is 1. The molecule has 0 spiro atoms. The SMILES string of the molecule is CCOC(=O)c1nn(-c2ccc(Cl)cc2)c(=O)c2c(NC(=O)c3cc(C(F)(F)F)cc(C(F)(F)F)c3)scc12. The highest BCUT2D eigenvalue weighted by molar-refractivity contribution is 7.16. The summed E-state index contributed by atoms with van der Waals surface area (Å²) in [6, 6.07) is 6.14. The van der Waals surface area contributed by atoms with Crippen LogP contribution in [-0.4, -0.2) is 28.3 Å². The highest BCUT2D eigenvalue weighted by atomic mass is 35.5. The number of rotatable bonds is 5. The number of hydrogen-bond acceptors (Lipinski definition) is 6. The molecule has 39 heavy (non-hydrogen) atoms. The molecule has 204 valence electrons. The molecule has 0 aliphatic heterocycles. The maximum Gasteiger partial charge on any atom is 0.416 e. The van der Waals surface area contributed by atoms with Crippen molar-refractivity contribution >= 4 is 50.6 Å². The van der Waals surface area contributed by atoms with E-state index >= 15 is 0 Å². The Morgan fingerprint density at radius 1 is 1.03 bits per heavy atom. The van der Waals surface area contributed by atoms with Gasteiger partial charge in [-0.25, -0.2) is 4.79 Å². The predicted molar refractivity (Wildman–Crippen MR) is 131 cm³/mol. The number of aromatic nitrogens is 2. The van der Waals surface area contributed by atoms with Gasteiger partial charge in [-0.3, -0.25) is 9.59 Å². The molecule has 15 heteroatoms. The number of carbonyl (C=O) groups excluding carboxylic acids is 2. The molecule has 0 bridgehead atoms. The summed E-state index contributed by atoms with van der Waals surface area (Å²) in [5.74, 6) is -2.25. The van der Waals surface area contributed by atoms with Gasteiger partial charge in [0.1, 0.15) is 5.00 Å². The molecule has 0 unspecified atom stereocenters. The van der Waals surface area contributed by atoms with Crippen molar-refractivity contribution in [2.45, 2.75) is 19.3 Å². The minimum absolute atomic E-state index is 0.0348. The topological polar surface area (TPSA) is 90.3 Å². The summed E-state index contributed by atoms with van der Waals surface area (Å²) < 4.78 is 85.3. The highest BCUT2D eigenvalue weighted by Crippen LogP contribution is 2.37. The number of benzene rings is 2. The van der Waals surface area contributed by atoms with E-state index in [4.69, 9.17) is 16.3 Å². The monoisotopic (exact) mass is 589 g/mol. The van der Waals surface area contributed by atoms with Crippen LogP contribution in [0.1, 0.15) is 38.9 Å². The molecule has 4 rings (SSSR count). The highest BCUT2D eigenvalue weighted by Gasteiger charge is 2.37. The Morgan fingerprint density at radius 3 is 2.15 bits per heavy atom. The molecule has 0 aliphatic rings. The minimum Gasteiger partial charge on any atom is -0.461 e. The first-order valence-electron chi connectivity index (χ1n) is 10.8. The summed E-state index contributed by atoms with van der Waals surface area (Å²) in [5.41, 5.74) is -5.28. The lowest BCUT2D eigenvalue weighted by atomic mass is 10.0. The van der Waals surface area contributed by atoms with E-state index in [1.165, 1.54) is 36.6 Å². The van der Waals surface area contributed by atoms with Crippen molar-refractivity contribution in [3.05, 3.63) is 85.6 Å². The lowest BCUT2D eigenvalue weighted by molar-refractivity contribution is -0.143. The van der Waals surface area contributed by atoms with Crippen molar-refractivity contribution in [1.29, 1.82) is 0 Å².